The number of amides is 1. The van der Waals surface area contributed by atoms with Gasteiger partial charge in [-0.3, -0.25) is 14.9 Å². The van der Waals surface area contributed by atoms with Crippen molar-refractivity contribution in [3.63, 3.8) is 0 Å². The van der Waals surface area contributed by atoms with Crippen molar-refractivity contribution in [1.82, 2.24) is 5.32 Å². The summed E-state index contributed by atoms with van der Waals surface area (Å²) in [5.74, 6) is -0.507. The molecule has 108 valence electrons. The van der Waals surface area contributed by atoms with Crippen molar-refractivity contribution >= 4 is 23.2 Å². The Balaban J connectivity index is 2.24. The molecule has 1 amide bonds. The van der Waals surface area contributed by atoms with E-state index in [0.29, 0.717) is 13.2 Å². The molecule has 1 atom stereocenters. The van der Waals surface area contributed by atoms with E-state index in [1.165, 1.54) is 18.2 Å². The van der Waals surface area contributed by atoms with Gasteiger partial charge in [-0.2, -0.15) is 0 Å². The van der Waals surface area contributed by atoms with E-state index in [9.17, 15) is 14.9 Å². The minimum absolute atomic E-state index is 0.0331. The van der Waals surface area contributed by atoms with Gasteiger partial charge in [0.25, 0.3) is 11.6 Å². The molecule has 20 heavy (non-hydrogen) atoms. The molecule has 0 spiro atoms. The van der Waals surface area contributed by atoms with Crippen molar-refractivity contribution in [3.05, 3.63) is 38.9 Å². The predicted molar refractivity (Wildman–Crippen MR) is 74.0 cm³/mol. The Hall–Kier alpha value is -1.66. The molecule has 1 unspecified atom stereocenters. The number of nitrogens with one attached hydrogen (secondary N) is 1. The molecule has 1 aromatic rings. The van der Waals surface area contributed by atoms with Crippen LogP contribution in [0.4, 0.5) is 5.69 Å². The summed E-state index contributed by atoms with van der Waals surface area (Å²) in [5.41, 5.74) is -0.799. The number of rotatable bonds is 3. The van der Waals surface area contributed by atoms with Crippen molar-refractivity contribution in [2.24, 2.45) is 0 Å². The summed E-state index contributed by atoms with van der Waals surface area (Å²) < 4.78 is 5.35. The summed E-state index contributed by atoms with van der Waals surface area (Å²) in [6.45, 7) is 2.93. The first-order valence-electron chi connectivity index (χ1n) is 6.25. The van der Waals surface area contributed by atoms with Crippen LogP contribution >= 0.6 is 11.6 Å². The predicted octanol–water partition coefficient (Wildman–Crippen LogP) is 2.55. The average molecular weight is 299 g/mol. The van der Waals surface area contributed by atoms with Crippen LogP contribution in [0.15, 0.2) is 18.2 Å². The van der Waals surface area contributed by atoms with E-state index < -0.39 is 16.4 Å². The van der Waals surface area contributed by atoms with E-state index in [1.807, 2.05) is 6.92 Å². The number of nitro benzene ring substituents is 1. The van der Waals surface area contributed by atoms with Gasteiger partial charge in [0.05, 0.1) is 17.1 Å². The van der Waals surface area contributed by atoms with Crippen LogP contribution in [0.2, 0.25) is 5.02 Å². The first-order chi connectivity index (χ1) is 9.41. The summed E-state index contributed by atoms with van der Waals surface area (Å²) in [6.07, 6.45) is 1.61. The number of hydrogen-bond acceptors (Lipinski definition) is 4. The fourth-order valence-corrected chi connectivity index (χ4v) is 2.40. The number of ether oxygens (including phenoxy) is 1. The summed E-state index contributed by atoms with van der Waals surface area (Å²) in [6, 6.07) is 3.93. The minimum atomic E-state index is -0.592. The molecule has 1 aliphatic heterocycles. The zero-order chi connectivity index (χ0) is 14.8. The molecule has 7 heteroatoms. The Labute approximate surface area is 121 Å². The Morgan fingerprint density at radius 3 is 2.90 bits per heavy atom. The van der Waals surface area contributed by atoms with E-state index >= 15 is 0 Å². The van der Waals surface area contributed by atoms with Crippen LogP contribution in [0, 0.1) is 10.1 Å². The molecular formula is C13H15ClN2O4. The molecular weight excluding hydrogens is 284 g/mol. The molecule has 0 aliphatic carbocycles. The average Bonchev–Trinajstić information content (AvgIpc) is 2.38. The first kappa shape index (κ1) is 14.7. The Morgan fingerprint density at radius 1 is 1.55 bits per heavy atom. The fourth-order valence-electron chi connectivity index (χ4n) is 2.22. The third-order valence-corrected chi connectivity index (χ3v) is 3.49. The van der Waals surface area contributed by atoms with Crippen LogP contribution < -0.4 is 5.32 Å². The highest BCUT2D eigenvalue weighted by Gasteiger charge is 2.31. The van der Waals surface area contributed by atoms with Gasteiger partial charge in [-0.05, 0) is 31.9 Å². The summed E-state index contributed by atoms with van der Waals surface area (Å²) in [4.78, 5) is 22.6. The molecule has 1 N–H and O–H groups in total. The molecule has 1 saturated heterocycles. The maximum Gasteiger partial charge on any atom is 0.282 e. The molecule has 1 aromatic carbocycles. The Kier molecular flexibility index (Phi) is 4.25. The SMILES string of the molecule is CC1(NC(=O)c2cc(Cl)ccc2[N+](=O)[O-])CCCOC1. The maximum atomic E-state index is 12.3. The highest BCUT2D eigenvalue weighted by Crippen LogP contribution is 2.25. The lowest BCUT2D eigenvalue weighted by atomic mass is 9.94. The van der Waals surface area contributed by atoms with Crippen molar-refractivity contribution in [3.8, 4) is 0 Å². The lowest BCUT2D eigenvalue weighted by molar-refractivity contribution is -0.385. The summed E-state index contributed by atoms with van der Waals surface area (Å²) in [7, 11) is 0. The molecule has 0 radical (unpaired) electrons. The van der Waals surface area contributed by atoms with Gasteiger partial charge in [0.2, 0.25) is 0 Å². The molecule has 0 bridgehead atoms. The Morgan fingerprint density at radius 2 is 2.30 bits per heavy atom. The van der Waals surface area contributed by atoms with Crippen molar-refractivity contribution < 1.29 is 14.5 Å². The van der Waals surface area contributed by atoms with Crippen LogP contribution in [-0.2, 0) is 4.74 Å². The number of benzene rings is 1. The Bertz CT molecular complexity index is 541. The number of carbonyl (C=O) groups is 1. The maximum absolute atomic E-state index is 12.3. The fraction of sp³-hybridized carbons (Fsp3) is 0.462. The van der Waals surface area contributed by atoms with Gasteiger partial charge in [-0.25, -0.2) is 0 Å². The normalized spacial score (nSPS) is 22.3. The number of nitro groups is 1. The first-order valence-corrected chi connectivity index (χ1v) is 6.63. The molecule has 0 saturated carbocycles. The van der Waals surface area contributed by atoms with Gasteiger partial charge in [-0.1, -0.05) is 11.6 Å². The lowest BCUT2D eigenvalue weighted by Crippen LogP contribution is -2.51. The van der Waals surface area contributed by atoms with Crippen molar-refractivity contribution in [1.29, 1.82) is 0 Å². The van der Waals surface area contributed by atoms with E-state index in [4.69, 9.17) is 16.3 Å². The highest BCUT2D eigenvalue weighted by molar-refractivity contribution is 6.31. The molecule has 2 rings (SSSR count). The second-order valence-electron chi connectivity index (χ2n) is 5.09. The zero-order valence-corrected chi connectivity index (χ0v) is 11.8. The van der Waals surface area contributed by atoms with Gasteiger partial charge in [0, 0.05) is 17.7 Å². The zero-order valence-electron chi connectivity index (χ0n) is 11.0. The quantitative estimate of drug-likeness (QED) is 0.687. The number of nitrogens with zero attached hydrogens (tertiary/aromatic N) is 1. The van der Waals surface area contributed by atoms with Gasteiger partial charge in [0.15, 0.2) is 0 Å². The van der Waals surface area contributed by atoms with Crippen LogP contribution in [0.3, 0.4) is 0 Å². The van der Waals surface area contributed by atoms with Crippen molar-refractivity contribution in [2.75, 3.05) is 13.2 Å². The van der Waals surface area contributed by atoms with Gasteiger partial charge in [0.1, 0.15) is 5.56 Å². The molecule has 6 nitrogen and oxygen atoms in total. The number of halogens is 1. The monoisotopic (exact) mass is 298 g/mol. The molecule has 1 fully saturated rings. The van der Waals surface area contributed by atoms with Crippen LogP contribution in [0.25, 0.3) is 0 Å². The van der Waals surface area contributed by atoms with E-state index in [0.717, 1.165) is 12.8 Å². The minimum Gasteiger partial charge on any atom is -0.379 e. The van der Waals surface area contributed by atoms with Crippen molar-refractivity contribution in [2.45, 2.75) is 25.3 Å². The van der Waals surface area contributed by atoms with Crippen LogP contribution in [-0.4, -0.2) is 29.6 Å². The number of hydrogen-bond donors (Lipinski definition) is 1. The van der Waals surface area contributed by atoms with Crippen LogP contribution in [0.5, 0.6) is 0 Å². The van der Waals surface area contributed by atoms with Gasteiger partial charge >= 0.3 is 0 Å². The number of carbonyl (C=O) groups excluding carboxylic acids is 1. The van der Waals surface area contributed by atoms with E-state index in [1.54, 1.807) is 0 Å². The van der Waals surface area contributed by atoms with Gasteiger partial charge < -0.3 is 10.1 Å². The molecule has 0 aromatic heterocycles. The third kappa shape index (κ3) is 3.26. The summed E-state index contributed by atoms with van der Waals surface area (Å²) >= 11 is 5.82. The van der Waals surface area contributed by atoms with Gasteiger partial charge in [-0.15, -0.1) is 0 Å². The second kappa shape index (κ2) is 5.76. The third-order valence-electron chi connectivity index (χ3n) is 3.25. The standard InChI is InChI=1S/C13H15ClN2O4/c1-13(5-2-6-20-8-13)15-12(17)10-7-9(14)3-4-11(10)16(18)19/h3-4,7H,2,5-6,8H2,1H3,(H,15,17). The molecule has 1 aliphatic rings. The summed E-state index contributed by atoms with van der Waals surface area (Å²) in [5, 5.41) is 14.1. The molecule has 1 heterocycles. The van der Waals surface area contributed by atoms with Crippen LogP contribution in [0.1, 0.15) is 30.1 Å². The topological polar surface area (TPSA) is 81.5 Å². The smallest absolute Gasteiger partial charge is 0.282 e. The second-order valence-corrected chi connectivity index (χ2v) is 5.53. The van der Waals surface area contributed by atoms with E-state index in [2.05, 4.69) is 5.32 Å². The van der Waals surface area contributed by atoms with E-state index in [-0.39, 0.29) is 16.3 Å². The lowest BCUT2D eigenvalue weighted by Gasteiger charge is -2.34. The largest absolute Gasteiger partial charge is 0.379 e. The highest BCUT2D eigenvalue weighted by atomic mass is 35.5.